The lowest BCUT2D eigenvalue weighted by Crippen LogP contribution is -2.23. The zero-order valence-corrected chi connectivity index (χ0v) is 17.7. The fourth-order valence-corrected chi connectivity index (χ4v) is 4.79. The fourth-order valence-electron chi connectivity index (χ4n) is 3.83. The Kier molecular flexibility index (Phi) is 5.22. The Morgan fingerprint density at radius 2 is 1.87 bits per heavy atom. The van der Waals surface area contributed by atoms with Gasteiger partial charge in [0.15, 0.2) is 0 Å². The zero-order chi connectivity index (χ0) is 21.2. The molecular formula is C25H21N3O2S. The van der Waals surface area contributed by atoms with Gasteiger partial charge in [0, 0.05) is 29.9 Å². The van der Waals surface area contributed by atoms with Crippen LogP contribution in [0.4, 0.5) is 11.4 Å². The highest BCUT2D eigenvalue weighted by atomic mass is 32.1. The predicted octanol–water partition coefficient (Wildman–Crippen LogP) is 5.27. The van der Waals surface area contributed by atoms with Gasteiger partial charge >= 0.3 is 0 Å². The third-order valence-electron chi connectivity index (χ3n) is 5.37. The van der Waals surface area contributed by atoms with Crippen LogP contribution in [0.15, 0.2) is 72.8 Å². The minimum Gasteiger partial charge on any atom is -0.326 e. The van der Waals surface area contributed by atoms with E-state index >= 15 is 0 Å². The average Bonchev–Trinajstić information content (AvgIpc) is 3.40. The molecule has 0 spiro atoms. The van der Waals surface area contributed by atoms with Crippen LogP contribution in [0.25, 0.3) is 20.8 Å². The molecule has 4 aromatic rings. The Balaban J connectivity index is 1.26. The van der Waals surface area contributed by atoms with E-state index in [2.05, 4.69) is 11.4 Å². The van der Waals surface area contributed by atoms with Crippen molar-refractivity contribution in [3.8, 4) is 10.6 Å². The first kappa shape index (κ1) is 19.5. The van der Waals surface area contributed by atoms with E-state index in [1.54, 1.807) is 16.2 Å². The van der Waals surface area contributed by atoms with Crippen molar-refractivity contribution in [1.82, 2.24) is 4.98 Å². The number of para-hydroxylation sites is 1. The van der Waals surface area contributed by atoms with E-state index < -0.39 is 0 Å². The first-order valence-electron chi connectivity index (χ1n) is 10.3. The first-order chi connectivity index (χ1) is 15.2. The number of carbonyl (C=O) groups excluding carboxylic acids is 2. The van der Waals surface area contributed by atoms with E-state index in [9.17, 15) is 9.59 Å². The van der Waals surface area contributed by atoms with Gasteiger partial charge in [0.05, 0.1) is 16.6 Å². The smallest absolute Gasteiger partial charge is 0.228 e. The minimum atomic E-state index is -0.0774. The van der Waals surface area contributed by atoms with E-state index in [0.29, 0.717) is 6.42 Å². The van der Waals surface area contributed by atoms with Crippen LogP contribution in [0.1, 0.15) is 18.4 Å². The summed E-state index contributed by atoms with van der Waals surface area (Å²) in [4.78, 5) is 31.0. The third-order valence-corrected chi connectivity index (χ3v) is 6.46. The monoisotopic (exact) mass is 427 g/mol. The van der Waals surface area contributed by atoms with Crippen LogP contribution in [0, 0.1) is 0 Å². The van der Waals surface area contributed by atoms with Crippen LogP contribution in [-0.4, -0.2) is 23.3 Å². The van der Waals surface area contributed by atoms with Crippen LogP contribution >= 0.6 is 11.3 Å². The van der Waals surface area contributed by atoms with Gasteiger partial charge in [-0.3, -0.25) is 9.59 Å². The largest absolute Gasteiger partial charge is 0.326 e. The molecule has 3 aromatic carbocycles. The molecule has 0 unspecified atom stereocenters. The number of rotatable bonds is 5. The number of fused-ring (bicyclic) bond motifs is 1. The summed E-state index contributed by atoms with van der Waals surface area (Å²) < 4.78 is 1.14. The van der Waals surface area contributed by atoms with Gasteiger partial charge in [-0.1, -0.05) is 36.4 Å². The van der Waals surface area contributed by atoms with Crippen molar-refractivity contribution < 1.29 is 9.59 Å². The van der Waals surface area contributed by atoms with Crippen LogP contribution in [-0.2, 0) is 16.0 Å². The fraction of sp³-hybridized carbons (Fsp3) is 0.160. The van der Waals surface area contributed by atoms with E-state index in [4.69, 9.17) is 4.98 Å². The molecule has 0 radical (unpaired) electrons. The maximum Gasteiger partial charge on any atom is 0.228 e. The van der Waals surface area contributed by atoms with Crippen LogP contribution in [0.2, 0.25) is 0 Å². The van der Waals surface area contributed by atoms with Crippen LogP contribution in [0.3, 0.4) is 0 Å². The molecule has 154 valence electrons. The lowest BCUT2D eigenvalue weighted by atomic mass is 10.1. The Bertz CT molecular complexity index is 1230. The van der Waals surface area contributed by atoms with Crippen molar-refractivity contribution in [1.29, 1.82) is 0 Å². The zero-order valence-electron chi connectivity index (χ0n) is 16.9. The Morgan fingerprint density at radius 1 is 1.03 bits per heavy atom. The number of anilines is 2. The molecule has 1 N–H and O–H groups in total. The number of benzene rings is 3. The van der Waals surface area contributed by atoms with E-state index in [1.165, 1.54) is 0 Å². The molecule has 31 heavy (non-hydrogen) atoms. The molecule has 1 fully saturated rings. The second-order valence-electron chi connectivity index (χ2n) is 7.61. The summed E-state index contributed by atoms with van der Waals surface area (Å²) in [6.07, 6.45) is 1.79. The molecule has 1 aliphatic rings. The quantitative estimate of drug-likeness (QED) is 0.472. The van der Waals surface area contributed by atoms with Gasteiger partial charge < -0.3 is 10.2 Å². The summed E-state index contributed by atoms with van der Waals surface area (Å²) in [7, 11) is 0. The summed E-state index contributed by atoms with van der Waals surface area (Å²) in [5, 5.41) is 3.92. The first-order valence-corrected chi connectivity index (χ1v) is 11.1. The summed E-state index contributed by atoms with van der Waals surface area (Å²) in [5.74, 6) is 0.0879. The second-order valence-corrected chi connectivity index (χ2v) is 8.64. The van der Waals surface area contributed by atoms with Crippen molar-refractivity contribution in [2.24, 2.45) is 0 Å². The molecule has 0 bridgehead atoms. The molecule has 6 heteroatoms. The molecule has 1 aromatic heterocycles. The van der Waals surface area contributed by atoms with Gasteiger partial charge in [0.1, 0.15) is 5.01 Å². The van der Waals surface area contributed by atoms with Crippen molar-refractivity contribution in [2.75, 3.05) is 16.8 Å². The van der Waals surface area contributed by atoms with Crippen molar-refractivity contribution in [2.45, 2.75) is 19.3 Å². The van der Waals surface area contributed by atoms with Crippen LogP contribution in [0.5, 0.6) is 0 Å². The molecule has 2 amide bonds. The van der Waals surface area contributed by atoms with E-state index in [-0.39, 0.29) is 18.2 Å². The van der Waals surface area contributed by atoms with Crippen molar-refractivity contribution in [3.05, 3.63) is 78.4 Å². The summed E-state index contributed by atoms with van der Waals surface area (Å²) in [6.45, 7) is 0.768. The second kappa shape index (κ2) is 8.32. The topological polar surface area (TPSA) is 62.3 Å². The normalized spacial score (nSPS) is 13.7. The van der Waals surface area contributed by atoms with E-state index in [0.717, 1.165) is 50.7 Å². The molecule has 5 rings (SSSR count). The highest BCUT2D eigenvalue weighted by molar-refractivity contribution is 7.21. The Morgan fingerprint density at radius 3 is 2.65 bits per heavy atom. The average molecular weight is 428 g/mol. The third kappa shape index (κ3) is 4.20. The summed E-state index contributed by atoms with van der Waals surface area (Å²) in [5.41, 5.74) is 4.53. The number of carbonyl (C=O) groups is 2. The number of nitrogens with zero attached hydrogens (tertiary/aromatic N) is 2. The molecular weight excluding hydrogens is 406 g/mol. The maximum absolute atomic E-state index is 12.6. The van der Waals surface area contributed by atoms with Crippen molar-refractivity contribution >= 4 is 44.7 Å². The number of nitrogens with one attached hydrogen (secondary N) is 1. The van der Waals surface area contributed by atoms with Gasteiger partial charge in [-0.25, -0.2) is 4.98 Å². The summed E-state index contributed by atoms with van der Waals surface area (Å²) >= 11 is 1.64. The van der Waals surface area contributed by atoms with Gasteiger partial charge in [-0.2, -0.15) is 0 Å². The molecule has 0 aliphatic carbocycles. The summed E-state index contributed by atoms with van der Waals surface area (Å²) in [6, 6.07) is 23.5. The highest BCUT2D eigenvalue weighted by Crippen LogP contribution is 2.31. The van der Waals surface area contributed by atoms with Gasteiger partial charge in [-0.15, -0.1) is 11.3 Å². The minimum absolute atomic E-state index is 0.0774. The lowest BCUT2D eigenvalue weighted by molar-refractivity contribution is -0.117. The van der Waals surface area contributed by atoms with Crippen molar-refractivity contribution in [3.63, 3.8) is 0 Å². The molecule has 0 atom stereocenters. The number of amides is 2. The van der Waals surface area contributed by atoms with Gasteiger partial charge in [0.2, 0.25) is 11.8 Å². The van der Waals surface area contributed by atoms with Gasteiger partial charge in [0.25, 0.3) is 0 Å². The molecule has 2 heterocycles. The number of thiazole rings is 1. The number of hydrogen-bond acceptors (Lipinski definition) is 4. The highest BCUT2D eigenvalue weighted by Gasteiger charge is 2.21. The Hall–Kier alpha value is -3.51. The standard InChI is InChI=1S/C25H21N3O2S/c29-23(15-17-10-12-20(13-11-17)28-14-4-9-24(28)30)26-19-6-3-5-18(16-19)25-27-21-7-1-2-8-22(21)31-25/h1-3,5-8,10-13,16H,4,9,14-15H2,(H,26,29). The molecule has 5 nitrogen and oxygen atoms in total. The molecule has 1 saturated heterocycles. The lowest BCUT2D eigenvalue weighted by Gasteiger charge is -2.15. The number of aromatic nitrogens is 1. The Labute approximate surface area is 184 Å². The predicted molar refractivity (Wildman–Crippen MR) is 125 cm³/mol. The number of hydrogen-bond donors (Lipinski definition) is 1. The molecule has 1 aliphatic heterocycles. The maximum atomic E-state index is 12.6. The SMILES string of the molecule is O=C(Cc1ccc(N2CCCC2=O)cc1)Nc1cccc(-c2nc3ccccc3s2)c1. The van der Waals surface area contributed by atoms with Crippen LogP contribution < -0.4 is 10.2 Å². The molecule has 0 saturated carbocycles. The van der Waals surface area contributed by atoms with Gasteiger partial charge in [-0.05, 0) is 48.4 Å². The van der Waals surface area contributed by atoms with E-state index in [1.807, 2.05) is 66.7 Å².